The van der Waals surface area contributed by atoms with Crippen LogP contribution in [0.3, 0.4) is 0 Å². The third-order valence-corrected chi connectivity index (χ3v) is 5.96. The molecule has 2 saturated heterocycles. The molecule has 0 spiro atoms. The van der Waals surface area contributed by atoms with Crippen molar-refractivity contribution in [3.05, 3.63) is 45.8 Å². The number of carbonyl (C=O) groups is 1. The lowest BCUT2D eigenvalue weighted by atomic mass is 10.1. The largest absolute Gasteiger partial charge is 0.379 e. The van der Waals surface area contributed by atoms with Gasteiger partial charge in [0.15, 0.2) is 11.3 Å². The topological polar surface area (TPSA) is 109 Å². The van der Waals surface area contributed by atoms with Crippen molar-refractivity contribution in [1.82, 2.24) is 29.5 Å². The SMILES string of the molecule is Cc1onc(C(=O)N2CC[C@@H](n3c(=O)[nH]c4cccnc43)C2)c1CN1CCOCC1. The van der Waals surface area contributed by atoms with E-state index >= 15 is 0 Å². The summed E-state index contributed by atoms with van der Waals surface area (Å²) in [5.41, 5.74) is 2.31. The van der Waals surface area contributed by atoms with E-state index < -0.39 is 0 Å². The number of aromatic amines is 1. The van der Waals surface area contributed by atoms with Gasteiger partial charge in [-0.2, -0.15) is 0 Å². The summed E-state index contributed by atoms with van der Waals surface area (Å²) in [6.45, 7) is 6.46. The number of hydrogen-bond acceptors (Lipinski definition) is 7. The molecule has 0 aromatic carbocycles. The molecular formula is C20H24N6O4. The van der Waals surface area contributed by atoms with Crippen LogP contribution in [0.1, 0.15) is 34.3 Å². The molecule has 1 amide bonds. The first-order chi connectivity index (χ1) is 14.6. The Morgan fingerprint density at radius 2 is 2.13 bits per heavy atom. The smallest absolute Gasteiger partial charge is 0.327 e. The fourth-order valence-electron chi connectivity index (χ4n) is 4.31. The van der Waals surface area contributed by atoms with E-state index in [9.17, 15) is 9.59 Å². The first-order valence-corrected chi connectivity index (χ1v) is 10.2. The zero-order chi connectivity index (χ0) is 20.7. The number of ether oxygens (including phenoxy) is 1. The first-order valence-electron chi connectivity index (χ1n) is 10.2. The summed E-state index contributed by atoms with van der Waals surface area (Å²) in [4.78, 5) is 36.9. The number of aryl methyl sites for hydroxylation is 1. The van der Waals surface area contributed by atoms with Crippen LogP contribution in [-0.2, 0) is 11.3 Å². The Hall–Kier alpha value is -2.98. The standard InChI is InChI=1S/C20H24N6O4/c1-13-15(12-24-7-9-29-10-8-24)17(23-30-13)19(27)25-6-4-14(11-25)26-18-16(22-20(26)28)3-2-5-21-18/h2-3,5,14H,4,6-12H2,1H3,(H,22,28)/t14-/m1/s1. The van der Waals surface area contributed by atoms with E-state index in [0.717, 1.165) is 18.7 Å². The molecule has 2 fully saturated rings. The summed E-state index contributed by atoms with van der Waals surface area (Å²) in [6.07, 6.45) is 2.35. The van der Waals surface area contributed by atoms with Crippen LogP contribution in [0.25, 0.3) is 11.2 Å². The third kappa shape index (κ3) is 3.31. The molecule has 10 nitrogen and oxygen atoms in total. The number of aromatic nitrogens is 4. The van der Waals surface area contributed by atoms with E-state index in [0.29, 0.717) is 61.9 Å². The molecule has 1 atom stereocenters. The number of carbonyl (C=O) groups excluding carboxylic acids is 1. The van der Waals surface area contributed by atoms with Gasteiger partial charge in [0.05, 0.1) is 24.8 Å². The van der Waals surface area contributed by atoms with Crippen molar-refractivity contribution in [2.24, 2.45) is 0 Å². The molecular weight excluding hydrogens is 388 g/mol. The number of imidazole rings is 1. The average Bonchev–Trinajstić information content (AvgIpc) is 3.45. The highest BCUT2D eigenvalue weighted by molar-refractivity contribution is 5.94. The number of likely N-dealkylation sites (tertiary alicyclic amines) is 1. The van der Waals surface area contributed by atoms with Crippen LogP contribution in [0.5, 0.6) is 0 Å². The summed E-state index contributed by atoms with van der Waals surface area (Å²) < 4.78 is 12.4. The van der Waals surface area contributed by atoms with Gasteiger partial charge in [0.25, 0.3) is 5.91 Å². The maximum absolute atomic E-state index is 13.2. The highest BCUT2D eigenvalue weighted by atomic mass is 16.5. The van der Waals surface area contributed by atoms with Gasteiger partial charge in [-0.25, -0.2) is 9.78 Å². The lowest BCUT2D eigenvalue weighted by molar-refractivity contribution is 0.0338. The Morgan fingerprint density at radius 1 is 1.30 bits per heavy atom. The van der Waals surface area contributed by atoms with Gasteiger partial charge in [-0.15, -0.1) is 0 Å². The number of pyridine rings is 1. The molecule has 3 aromatic heterocycles. The zero-order valence-corrected chi connectivity index (χ0v) is 16.8. The van der Waals surface area contributed by atoms with Crippen molar-refractivity contribution >= 4 is 17.1 Å². The lowest BCUT2D eigenvalue weighted by Crippen LogP contribution is -2.37. The van der Waals surface area contributed by atoms with Crippen LogP contribution in [-0.4, -0.2) is 74.8 Å². The van der Waals surface area contributed by atoms with Gasteiger partial charge in [0.2, 0.25) is 0 Å². The molecule has 5 rings (SSSR count). The second-order valence-corrected chi connectivity index (χ2v) is 7.82. The number of H-pyrrole nitrogens is 1. The molecule has 30 heavy (non-hydrogen) atoms. The maximum Gasteiger partial charge on any atom is 0.327 e. The van der Waals surface area contributed by atoms with Crippen molar-refractivity contribution in [3.63, 3.8) is 0 Å². The molecule has 0 unspecified atom stereocenters. The molecule has 0 saturated carbocycles. The van der Waals surface area contributed by atoms with Crippen LogP contribution < -0.4 is 5.69 Å². The van der Waals surface area contributed by atoms with Crippen LogP contribution >= 0.6 is 0 Å². The Kier molecular flexibility index (Phi) is 4.87. The molecule has 3 aromatic rings. The van der Waals surface area contributed by atoms with Gasteiger partial charge < -0.3 is 19.1 Å². The second-order valence-electron chi connectivity index (χ2n) is 7.82. The summed E-state index contributed by atoms with van der Waals surface area (Å²) >= 11 is 0. The van der Waals surface area contributed by atoms with Gasteiger partial charge in [-0.1, -0.05) is 5.16 Å². The van der Waals surface area contributed by atoms with Crippen molar-refractivity contribution in [1.29, 1.82) is 0 Å². The fourth-order valence-corrected chi connectivity index (χ4v) is 4.31. The van der Waals surface area contributed by atoms with Crippen molar-refractivity contribution in [2.45, 2.75) is 25.9 Å². The van der Waals surface area contributed by atoms with Crippen molar-refractivity contribution in [2.75, 3.05) is 39.4 Å². The molecule has 1 N–H and O–H groups in total. The van der Waals surface area contributed by atoms with E-state index in [1.165, 1.54) is 0 Å². The minimum absolute atomic E-state index is 0.124. The highest BCUT2D eigenvalue weighted by Gasteiger charge is 2.33. The van der Waals surface area contributed by atoms with Crippen LogP contribution in [0.15, 0.2) is 27.6 Å². The van der Waals surface area contributed by atoms with Crippen LogP contribution in [0.4, 0.5) is 0 Å². The van der Waals surface area contributed by atoms with Gasteiger partial charge in [0, 0.05) is 44.5 Å². The number of hydrogen-bond donors (Lipinski definition) is 1. The number of nitrogens with one attached hydrogen (secondary N) is 1. The van der Waals surface area contributed by atoms with E-state index in [1.807, 2.05) is 13.0 Å². The normalized spacial score (nSPS) is 20.3. The van der Waals surface area contributed by atoms with Gasteiger partial charge in [-0.3, -0.25) is 14.3 Å². The molecule has 5 heterocycles. The molecule has 0 aliphatic carbocycles. The molecule has 10 heteroatoms. The fraction of sp³-hybridized carbons (Fsp3) is 0.500. The molecule has 2 aliphatic rings. The Balaban J connectivity index is 1.36. The minimum atomic E-state index is -0.201. The van der Waals surface area contributed by atoms with Crippen molar-refractivity contribution < 1.29 is 14.1 Å². The van der Waals surface area contributed by atoms with E-state index in [-0.39, 0.29) is 17.6 Å². The Labute approximate surface area is 172 Å². The monoisotopic (exact) mass is 412 g/mol. The quantitative estimate of drug-likeness (QED) is 0.679. The number of amides is 1. The molecule has 158 valence electrons. The highest BCUT2D eigenvalue weighted by Crippen LogP contribution is 2.26. The number of rotatable bonds is 4. The summed E-state index contributed by atoms with van der Waals surface area (Å²) in [5, 5.41) is 4.07. The van der Waals surface area contributed by atoms with E-state index in [2.05, 4.69) is 20.0 Å². The number of nitrogens with zero attached hydrogens (tertiary/aromatic N) is 5. The van der Waals surface area contributed by atoms with Crippen molar-refractivity contribution in [3.8, 4) is 0 Å². The molecule has 0 radical (unpaired) electrons. The second kappa shape index (κ2) is 7.69. The van der Waals surface area contributed by atoms with E-state index in [4.69, 9.17) is 9.26 Å². The van der Waals surface area contributed by atoms with Crippen LogP contribution in [0, 0.1) is 6.92 Å². The van der Waals surface area contributed by atoms with Gasteiger partial charge >= 0.3 is 5.69 Å². The number of fused-ring (bicyclic) bond motifs is 1. The predicted octanol–water partition coefficient (Wildman–Crippen LogP) is 0.940. The molecule has 0 bridgehead atoms. The summed E-state index contributed by atoms with van der Waals surface area (Å²) in [7, 11) is 0. The number of morpholine rings is 1. The maximum atomic E-state index is 13.2. The third-order valence-electron chi connectivity index (χ3n) is 5.96. The first kappa shape index (κ1) is 19.0. The van der Waals surface area contributed by atoms with Gasteiger partial charge in [-0.05, 0) is 25.5 Å². The average molecular weight is 412 g/mol. The van der Waals surface area contributed by atoms with Gasteiger partial charge in [0.1, 0.15) is 5.76 Å². The Bertz CT molecular complexity index is 1130. The summed E-state index contributed by atoms with van der Waals surface area (Å²) in [5.74, 6) is 0.510. The minimum Gasteiger partial charge on any atom is -0.379 e. The van der Waals surface area contributed by atoms with Crippen LogP contribution in [0.2, 0.25) is 0 Å². The Morgan fingerprint density at radius 3 is 2.97 bits per heavy atom. The molecule has 2 aliphatic heterocycles. The zero-order valence-electron chi connectivity index (χ0n) is 16.8. The predicted molar refractivity (Wildman–Crippen MR) is 107 cm³/mol. The van der Waals surface area contributed by atoms with E-state index in [1.54, 1.807) is 21.7 Å². The summed E-state index contributed by atoms with van der Waals surface area (Å²) in [6, 6.07) is 3.49. The lowest BCUT2D eigenvalue weighted by Gasteiger charge is -2.26.